The SMILES string of the molecule is CC1(CN=C(N)NC2CC2)CCOC1C1CC1. The quantitative estimate of drug-likeness (QED) is 0.571. The maximum Gasteiger partial charge on any atom is 0.188 e. The largest absolute Gasteiger partial charge is 0.377 e. The third-order valence-corrected chi connectivity index (χ3v) is 4.25. The molecular weight excluding hydrogens is 214 g/mol. The van der Waals surface area contributed by atoms with E-state index in [1.807, 2.05) is 0 Å². The molecule has 0 radical (unpaired) electrons. The van der Waals surface area contributed by atoms with Crippen LogP contribution in [0, 0.1) is 11.3 Å². The Kier molecular flexibility index (Phi) is 2.77. The van der Waals surface area contributed by atoms with Crippen molar-refractivity contribution in [2.24, 2.45) is 22.1 Å². The highest BCUT2D eigenvalue weighted by Gasteiger charge is 2.48. The zero-order valence-electron chi connectivity index (χ0n) is 10.6. The van der Waals surface area contributed by atoms with Crippen molar-refractivity contribution in [3.8, 4) is 0 Å². The van der Waals surface area contributed by atoms with Crippen LogP contribution >= 0.6 is 0 Å². The van der Waals surface area contributed by atoms with Crippen molar-refractivity contribution in [2.75, 3.05) is 13.2 Å². The Balaban J connectivity index is 1.57. The van der Waals surface area contributed by atoms with Gasteiger partial charge in [0.2, 0.25) is 0 Å². The van der Waals surface area contributed by atoms with Crippen LogP contribution in [0.2, 0.25) is 0 Å². The molecule has 2 atom stereocenters. The molecule has 2 saturated carbocycles. The van der Waals surface area contributed by atoms with Gasteiger partial charge in [-0.05, 0) is 38.0 Å². The first kappa shape index (κ1) is 11.3. The molecule has 1 aliphatic heterocycles. The molecule has 0 amide bonds. The summed E-state index contributed by atoms with van der Waals surface area (Å²) in [5.41, 5.74) is 6.09. The van der Waals surface area contributed by atoms with Crippen molar-refractivity contribution in [3.05, 3.63) is 0 Å². The van der Waals surface area contributed by atoms with E-state index in [0.717, 1.165) is 25.5 Å². The molecule has 3 aliphatic rings. The van der Waals surface area contributed by atoms with Gasteiger partial charge in [-0.15, -0.1) is 0 Å². The molecule has 0 aromatic heterocycles. The molecule has 3 fully saturated rings. The summed E-state index contributed by atoms with van der Waals surface area (Å²) in [5, 5.41) is 3.24. The summed E-state index contributed by atoms with van der Waals surface area (Å²) in [6, 6.07) is 0.589. The van der Waals surface area contributed by atoms with Crippen LogP contribution in [-0.2, 0) is 4.74 Å². The maximum absolute atomic E-state index is 5.89. The summed E-state index contributed by atoms with van der Waals surface area (Å²) in [5.74, 6) is 1.41. The van der Waals surface area contributed by atoms with Crippen molar-refractivity contribution < 1.29 is 4.74 Å². The van der Waals surface area contributed by atoms with E-state index in [1.54, 1.807) is 0 Å². The minimum atomic E-state index is 0.205. The second-order valence-corrected chi connectivity index (χ2v) is 6.15. The molecule has 17 heavy (non-hydrogen) atoms. The Morgan fingerprint density at radius 3 is 2.82 bits per heavy atom. The van der Waals surface area contributed by atoms with Crippen LogP contribution in [0.4, 0.5) is 0 Å². The van der Waals surface area contributed by atoms with Crippen molar-refractivity contribution in [2.45, 2.75) is 51.2 Å². The number of ether oxygens (including phenoxy) is 1. The number of hydrogen-bond donors (Lipinski definition) is 2. The molecule has 96 valence electrons. The number of aliphatic imine (C=N–C) groups is 1. The number of hydrogen-bond acceptors (Lipinski definition) is 2. The van der Waals surface area contributed by atoms with Crippen LogP contribution in [-0.4, -0.2) is 31.3 Å². The molecule has 3 N–H and O–H groups in total. The van der Waals surface area contributed by atoms with Gasteiger partial charge in [-0.1, -0.05) is 6.92 Å². The Hall–Kier alpha value is -0.770. The van der Waals surface area contributed by atoms with Gasteiger partial charge in [-0.2, -0.15) is 0 Å². The third kappa shape index (κ3) is 2.57. The van der Waals surface area contributed by atoms with Gasteiger partial charge in [0.05, 0.1) is 12.6 Å². The molecule has 4 nitrogen and oxygen atoms in total. The Morgan fingerprint density at radius 1 is 1.41 bits per heavy atom. The molecule has 0 aromatic rings. The van der Waals surface area contributed by atoms with Crippen molar-refractivity contribution >= 4 is 5.96 Å². The first-order valence-electron chi connectivity index (χ1n) is 6.85. The molecule has 2 aliphatic carbocycles. The van der Waals surface area contributed by atoms with E-state index in [2.05, 4.69) is 17.2 Å². The summed E-state index contributed by atoms with van der Waals surface area (Å²) < 4.78 is 5.89. The van der Waals surface area contributed by atoms with Crippen LogP contribution in [0.3, 0.4) is 0 Å². The van der Waals surface area contributed by atoms with E-state index in [9.17, 15) is 0 Å². The monoisotopic (exact) mass is 237 g/mol. The number of guanidine groups is 1. The van der Waals surface area contributed by atoms with Crippen LogP contribution in [0.1, 0.15) is 39.0 Å². The molecule has 1 heterocycles. The topological polar surface area (TPSA) is 59.6 Å². The Labute approximate surface area is 103 Å². The Bertz CT molecular complexity index is 323. The number of nitrogens with one attached hydrogen (secondary N) is 1. The second kappa shape index (κ2) is 4.16. The summed E-state index contributed by atoms with van der Waals surface area (Å²) in [7, 11) is 0. The maximum atomic E-state index is 5.89. The van der Waals surface area contributed by atoms with E-state index in [4.69, 9.17) is 10.5 Å². The van der Waals surface area contributed by atoms with E-state index in [0.29, 0.717) is 18.1 Å². The van der Waals surface area contributed by atoms with E-state index < -0.39 is 0 Å². The highest BCUT2D eigenvalue weighted by atomic mass is 16.5. The minimum absolute atomic E-state index is 0.205. The van der Waals surface area contributed by atoms with Gasteiger partial charge >= 0.3 is 0 Å². The first-order valence-corrected chi connectivity index (χ1v) is 6.85. The predicted molar refractivity (Wildman–Crippen MR) is 67.8 cm³/mol. The minimum Gasteiger partial charge on any atom is -0.377 e. The lowest BCUT2D eigenvalue weighted by atomic mass is 9.81. The van der Waals surface area contributed by atoms with E-state index in [1.165, 1.54) is 25.7 Å². The average molecular weight is 237 g/mol. The van der Waals surface area contributed by atoms with Gasteiger partial charge in [0.15, 0.2) is 5.96 Å². The smallest absolute Gasteiger partial charge is 0.188 e. The lowest BCUT2D eigenvalue weighted by Gasteiger charge is -2.28. The van der Waals surface area contributed by atoms with Crippen LogP contribution in [0.5, 0.6) is 0 Å². The summed E-state index contributed by atoms with van der Waals surface area (Å²) in [6.07, 6.45) is 6.68. The normalized spacial score (nSPS) is 38.4. The fourth-order valence-corrected chi connectivity index (χ4v) is 2.78. The van der Waals surface area contributed by atoms with Gasteiger partial charge in [0, 0.05) is 18.1 Å². The zero-order valence-corrected chi connectivity index (χ0v) is 10.6. The van der Waals surface area contributed by atoms with Gasteiger partial charge in [0.1, 0.15) is 0 Å². The van der Waals surface area contributed by atoms with Crippen LogP contribution in [0.25, 0.3) is 0 Å². The fourth-order valence-electron chi connectivity index (χ4n) is 2.78. The van der Waals surface area contributed by atoms with Crippen molar-refractivity contribution in [1.29, 1.82) is 0 Å². The number of nitrogens with zero attached hydrogens (tertiary/aromatic N) is 1. The molecule has 2 unspecified atom stereocenters. The van der Waals surface area contributed by atoms with Gasteiger partial charge in [-0.25, -0.2) is 0 Å². The van der Waals surface area contributed by atoms with Crippen LogP contribution < -0.4 is 11.1 Å². The predicted octanol–water partition coefficient (Wildman–Crippen LogP) is 1.26. The molecular formula is C13H23N3O. The summed E-state index contributed by atoms with van der Waals surface area (Å²) in [6.45, 7) is 4.00. The molecule has 4 heteroatoms. The third-order valence-electron chi connectivity index (χ3n) is 4.25. The fraction of sp³-hybridized carbons (Fsp3) is 0.923. The van der Waals surface area contributed by atoms with Crippen LogP contribution in [0.15, 0.2) is 4.99 Å². The van der Waals surface area contributed by atoms with Crippen molar-refractivity contribution in [3.63, 3.8) is 0 Å². The van der Waals surface area contributed by atoms with Gasteiger partial charge < -0.3 is 15.8 Å². The number of nitrogens with two attached hydrogens (primary N) is 1. The summed E-state index contributed by atoms with van der Waals surface area (Å²) in [4.78, 5) is 4.52. The van der Waals surface area contributed by atoms with Gasteiger partial charge in [0.25, 0.3) is 0 Å². The van der Waals surface area contributed by atoms with E-state index >= 15 is 0 Å². The van der Waals surface area contributed by atoms with E-state index in [-0.39, 0.29) is 5.41 Å². The molecule has 0 aromatic carbocycles. The molecule has 0 bridgehead atoms. The lowest BCUT2D eigenvalue weighted by Crippen LogP contribution is -2.37. The number of rotatable bonds is 4. The highest BCUT2D eigenvalue weighted by Crippen LogP contribution is 2.47. The average Bonchev–Trinajstić information content (AvgIpc) is 3.19. The zero-order chi connectivity index (χ0) is 11.9. The Morgan fingerprint density at radius 2 is 2.18 bits per heavy atom. The van der Waals surface area contributed by atoms with Crippen molar-refractivity contribution in [1.82, 2.24) is 5.32 Å². The highest BCUT2D eigenvalue weighted by molar-refractivity contribution is 5.78. The second-order valence-electron chi connectivity index (χ2n) is 6.15. The first-order chi connectivity index (χ1) is 8.17. The standard InChI is InChI=1S/C13H23N3O/c1-13(6-7-17-11(13)9-2-3-9)8-15-12(14)16-10-4-5-10/h9-11H,2-8H2,1H3,(H3,14,15,16). The van der Waals surface area contributed by atoms with Gasteiger partial charge in [-0.3, -0.25) is 4.99 Å². The molecule has 0 spiro atoms. The molecule has 3 rings (SSSR count). The lowest BCUT2D eigenvalue weighted by molar-refractivity contribution is 0.0425. The summed E-state index contributed by atoms with van der Waals surface area (Å²) >= 11 is 0. The molecule has 1 saturated heterocycles.